The standard InChI is InChI=1S/C24H18FNO6S/c1-32-24(29)16-9-7-15(8-10-16)20-22(33(30,31)19-5-3-2-4-6-19)21(27)23(28)26(20)18-13-11-17(25)12-14-18/h2-14,20,27H,1H3/t20-/m1/s1. The van der Waals surface area contributed by atoms with Gasteiger partial charge in [0.15, 0.2) is 5.76 Å². The van der Waals surface area contributed by atoms with Crippen molar-refractivity contribution < 1.29 is 32.2 Å². The van der Waals surface area contributed by atoms with Crippen LogP contribution in [-0.2, 0) is 19.4 Å². The molecule has 0 saturated carbocycles. The van der Waals surface area contributed by atoms with Gasteiger partial charge in [-0.25, -0.2) is 17.6 Å². The van der Waals surface area contributed by atoms with Gasteiger partial charge in [-0.1, -0.05) is 30.3 Å². The molecule has 7 nitrogen and oxygen atoms in total. The summed E-state index contributed by atoms with van der Waals surface area (Å²) in [5, 5.41) is 10.7. The number of ether oxygens (including phenoxy) is 1. The summed E-state index contributed by atoms with van der Waals surface area (Å²) >= 11 is 0. The third-order valence-corrected chi connectivity index (χ3v) is 7.15. The molecule has 9 heteroatoms. The van der Waals surface area contributed by atoms with Crippen LogP contribution in [0.15, 0.2) is 94.4 Å². The van der Waals surface area contributed by atoms with Gasteiger partial charge in [-0.2, -0.15) is 0 Å². The number of hydrogen-bond acceptors (Lipinski definition) is 6. The molecule has 1 heterocycles. The second-order valence-electron chi connectivity index (χ2n) is 7.20. The number of hydrogen-bond donors (Lipinski definition) is 1. The maximum absolute atomic E-state index is 13.5. The zero-order valence-corrected chi connectivity index (χ0v) is 18.1. The minimum absolute atomic E-state index is 0.100. The number of anilines is 1. The summed E-state index contributed by atoms with van der Waals surface area (Å²) in [6.07, 6.45) is 0. The fraction of sp³-hybridized carbons (Fsp3) is 0.0833. The molecular weight excluding hydrogens is 449 g/mol. The number of aliphatic hydroxyl groups is 1. The molecule has 1 amide bonds. The summed E-state index contributed by atoms with van der Waals surface area (Å²) in [4.78, 5) is 25.4. The minimum atomic E-state index is -4.30. The zero-order chi connectivity index (χ0) is 23.8. The third kappa shape index (κ3) is 3.87. The SMILES string of the molecule is COC(=O)c1ccc([C@@H]2C(S(=O)(=O)c3ccccc3)=C(O)C(=O)N2c2ccc(F)cc2)cc1. The second kappa shape index (κ2) is 8.51. The van der Waals surface area contributed by atoms with Gasteiger partial charge in [0.2, 0.25) is 9.84 Å². The van der Waals surface area contributed by atoms with Crippen LogP contribution in [0.5, 0.6) is 0 Å². The number of sulfone groups is 1. The fourth-order valence-corrected chi connectivity index (χ4v) is 5.32. The van der Waals surface area contributed by atoms with Crippen molar-refractivity contribution >= 4 is 27.4 Å². The maximum atomic E-state index is 13.5. The predicted octanol–water partition coefficient (Wildman–Crippen LogP) is 3.94. The highest BCUT2D eigenvalue weighted by Crippen LogP contribution is 2.44. The zero-order valence-electron chi connectivity index (χ0n) is 17.3. The van der Waals surface area contributed by atoms with Crippen molar-refractivity contribution in [2.45, 2.75) is 10.9 Å². The number of aliphatic hydroxyl groups excluding tert-OH is 1. The molecule has 0 radical (unpaired) electrons. The van der Waals surface area contributed by atoms with Crippen molar-refractivity contribution in [3.8, 4) is 0 Å². The molecule has 0 aliphatic carbocycles. The molecule has 168 valence electrons. The molecule has 33 heavy (non-hydrogen) atoms. The van der Waals surface area contributed by atoms with Crippen LogP contribution in [0.4, 0.5) is 10.1 Å². The normalized spacial score (nSPS) is 16.2. The highest BCUT2D eigenvalue weighted by atomic mass is 32.2. The average molecular weight is 467 g/mol. The Balaban J connectivity index is 1.91. The summed E-state index contributed by atoms with van der Waals surface area (Å²) in [6, 6.07) is 16.8. The number of amides is 1. The smallest absolute Gasteiger partial charge is 0.337 e. The van der Waals surface area contributed by atoms with Crippen LogP contribution in [-0.4, -0.2) is 32.5 Å². The van der Waals surface area contributed by atoms with Crippen LogP contribution in [0.2, 0.25) is 0 Å². The molecule has 4 rings (SSSR count). The Morgan fingerprint density at radius 1 is 0.970 bits per heavy atom. The van der Waals surface area contributed by atoms with Gasteiger partial charge in [0, 0.05) is 5.69 Å². The van der Waals surface area contributed by atoms with Crippen molar-refractivity contribution in [1.82, 2.24) is 0 Å². The van der Waals surface area contributed by atoms with Crippen LogP contribution in [0.3, 0.4) is 0 Å². The van der Waals surface area contributed by atoms with Crippen molar-refractivity contribution in [2.75, 3.05) is 12.0 Å². The van der Waals surface area contributed by atoms with Crippen LogP contribution in [0.1, 0.15) is 22.0 Å². The van der Waals surface area contributed by atoms with Crippen molar-refractivity contribution in [3.63, 3.8) is 0 Å². The molecule has 1 atom stereocenters. The van der Waals surface area contributed by atoms with Crippen LogP contribution >= 0.6 is 0 Å². The van der Waals surface area contributed by atoms with Gasteiger partial charge in [-0.05, 0) is 54.1 Å². The Kier molecular flexibility index (Phi) is 5.73. The first kappa shape index (κ1) is 22.2. The van der Waals surface area contributed by atoms with Crippen molar-refractivity contribution in [1.29, 1.82) is 0 Å². The van der Waals surface area contributed by atoms with E-state index in [4.69, 9.17) is 0 Å². The van der Waals surface area contributed by atoms with Crippen LogP contribution in [0, 0.1) is 5.82 Å². The lowest BCUT2D eigenvalue weighted by atomic mass is 10.0. The van der Waals surface area contributed by atoms with Crippen molar-refractivity contribution in [3.05, 3.63) is 106 Å². The number of carbonyl (C=O) groups excluding carboxylic acids is 2. The van der Waals surface area contributed by atoms with E-state index in [1.54, 1.807) is 6.07 Å². The predicted molar refractivity (Wildman–Crippen MR) is 118 cm³/mol. The molecule has 0 bridgehead atoms. The number of benzene rings is 3. The van der Waals surface area contributed by atoms with E-state index in [1.807, 2.05) is 0 Å². The number of rotatable bonds is 5. The van der Waals surface area contributed by atoms with E-state index in [0.717, 1.165) is 17.0 Å². The van der Waals surface area contributed by atoms with E-state index in [-0.39, 0.29) is 16.1 Å². The van der Waals surface area contributed by atoms with Gasteiger partial charge in [0.05, 0.1) is 17.6 Å². The van der Waals surface area contributed by atoms with Gasteiger partial charge in [-0.3, -0.25) is 9.69 Å². The molecule has 3 aromatic carbocycles. The third-order valence-electron chi connectivity index (χ3n) is 5.26. The lowest BCUT2D eigenvalue weighted by Gasteiger charge is -2.27. The van der Waals surface area contributed by atoms with Gasteiger partial charge < -0.3 is 9.84 Å². The first-order valence-electron chi connectivity index (χ1n) is 9.76. The molecule has 0 fully saturated rings. The lowest BCUT2D eigenvalue weighted by Crippen LogP contribution is -2.31. The quantitative estimate of drug-likeness (QED) is 0.571. The summed E-state index contributed by atoms with van der Waals surface area (Å²) in [5.74, 6) is -3.00. The van der Waals surface area contributed by atoms with Crippen LogP contribution in [0.25, 0.3) is 0 Å². The highest BCUT2D eigenvalue weighted by molar-refractivity contribution is 7.95. The Morgan fingerprint density at radius 3 is 2.15 bits per heavy atom. The first-order chi connectivity index (χ1) is 15.8. The van der Waals surface area contributed by atoms with Gasteiger partial charge in [-0.15, -0.1) is 0 Å². The molecule has 0 saturated heterocycles. The van der Waals surface area contributed by atoms with E-state index in [1.165, 1.54) is 67.8 Å². The van der Waals surface area contributed by atoms with Gasteiger partial charge >= 0.3 is 5.97 Å². The molecular formula is C24H18FNO6S. The van der Waals surface area contributed by atoms with E-state index in [2.05, 4.69) is 4.74 Å². The molecule has 1 aliphatic rings. The number of methoxy groups -OCH3 is 1. The minimum Gasteiger partial charge on any atom is -0.502 e. The molecule has 3 aromatic rings. The summed E-state index contributed by atoms with van der Waals surface area (Å²) in [7, 11) is -3.07. The molecule has 0 spiro atoms. The molecule has 1 aliphatic heterocycles. The van der Waals surface area contributed by atoms with E-state index < -0.39 is 44.2 Å². The Labute approximate surface area is 189 Å². The highest BCUT2D eigenvalue weighted by Gasteiger charge is 2.47. The Morgan fingerprint density at radius 2 is 1.58 bits per heavy atom. The van der Waals surface area contributed by atoms with E-state index in [0.29, 0.717) is 5.56 Å². The first-order valence-corrected chi connectivity index (χ1v) is 11.2. The molecule has 0 aromatic heterocycles. The number of nitrogens with zero attached hydrogens (tertiary/aromatic N) is 1. The van der Waals surface area contributed by atoms with E-state index >= 15 is 0 Å². The number of carbonyl (C=O) groups is 2. The lowest BCUT2D eigenvalue weighted by molar-refractivity contribution is -0.117. The number of halogens is 1. The van der Waals surface area contributed by atoms with E-state index in [9.17, 15) is 27.5 Å². The Bertz CT molecular complexity index is 1350. The summed E-state index contributed by atoms with van der Waals surface area (Å²) < 4.78 is 45.2. The summed E-state index contributed by atoms with van der Waals surface area (Å²) in [6.45, 7) is 0. The molecule has 1 N–H and O–H groups in total. The second-order valence-corrected chi connectivity index (χ2v) is 9.12. The maximum Gasteiger partial charge on any atom is 0.337 e. The molecule has 0 unspecified atom stereocenters. The van der Waals surface area contributed by atoms with Crippen LogP contribution < -0.4 is 4.90 Å². The topological polar surface area (TPSA) is 101 Å². The number of esters is 1. The largest absolute Gasteiger partial charge is 0.502 e. The Hall–Kier alpha value is -3.98. The van der Waals surface area contributed by atoms with Crippen molar-refractivity contribution in [2.24, 2.45) is 0 Å². The van der Waals surface area contributed by atoms with Gasteiger partial charge in [0.25, 0.3) is 5.91 Å². The summed E-state index contributed by atoms with van der Waals surface area (Å²) in [5.41, 5.74) is 0.728. The average Bonchev–Trinajstić information content (AvgIpc) is 3.11. The monoisotopic (exact) mass is 467 g/mol. The van der Waals surface area contributed by atoms with Gasteiger partial charge in [0.1, 0.15) is 16.8 Å². The fourth-order valence-electron chi connectivity index (χ4n) is 3.67.